The average Bonchev–Trinajstić information content (AvgIpc) is 2.54. The Morgan fingerprint density at radius 3 is 2.86 bits per heavy atom. The largest absolute Gasteiger partial charge is 0.394 e. The van der Waals surface area contributed by atoms with Crippen LogP contribution in [0.3, 0.4) is 0 Å². The third-order valence-corrected chi connectivity index (χ3v) is 4.05. The predicted molar refractivity (Wildman–Crippen MR) is 81.8 cm³/mol. The molecule has 1 amide bonds. The molecule has 21 heavy (non-hydrogen) atoms. The van der Waals surface area contributed by atoms with E-state index in [2.05, 4.69) is 12.2 Å². The number of ether oxygens (including phenoxy) is 1. The van der Waals surface area contributed by atoms with Crippen molar-refractivity contribution in [2.45, 2.75) is 44.8 Å². The summed E-state index contributed by atoms with van der Waals surface area (Å²) >= 11 is 0. The lowest BCUT2D eigenvalue weighted by molar-refractivity contribution is -0.131. The van der Waals surface area contributed by atoms with Crippen molar-refractivity contribution in [3.63, 3.8) is 0 Å². The number of nitrogens with one attached hydrogen (secondary N) is 1. The molecule has 2 unspecified atom stereocenters. The molecule has 1 saturated heterocycles. The summed E-state index contributed by atoms with van der Waals surface area (Å²) in [5.41, 5.74) is 0.936. The summed E-state index contributed by atoms with van der Waals surface area (Å²) in [6.07, 6.45) is 3.82. The molecule has 1 aromatic carbocycles. The maximum Gasteiger partial charge on any atom is 0.223 e. The Labute approximate surface area is 126 Å². The van der Waals surface area contributed by atoms with Crippen molar-refractivity contribution >= 4 is 5.91 Å². The molecule has 2 N–H and O–H groups in total. The molecule has 4 nitrogen and oxygen atoms in total. The fourth-order valence-corrected chi connectivity index (χ4v) is 2.85. The Balaban J connectivity index is 1.93. The van der Waals surface area contributed by atoms with E-state index in [1.165, 1.54) is 0 Å². The smallest absolute Gasteiger partial charge is 0.223 e. The van der Waals surface area contributed by atoms with Gasteiger partial charge in [-0.05, 0) is 24.8 Å². The third kappa shape index (κ3) is 4.55. The number of aliphatic hydroxyl groups excluding tert-OH is 1. The van der Waals surface area contributed by atoms with Crippen molar-refractivity contribution in [1.82, 2.24) is 5.32 Å². The quantitative estimate of drug-likeness (QED) is 0.846. The zero-order valence-electron chi connectivity index (χ0n) is 12.6. The van der Waals surface area contributed by atoms with Gasteiger partial charge in [0.1, 0.15) is 0 Å². The Bertz CT molecular complexity index is 433. The van der Waals surface area contributed by atoms with Crippen LogP contribution < -0.4 is 5.32 Å². The van der Waals surface area contributed by atoms with E-state index in [9.17, 15) is 9.90 Å². The minimum atomic E-state index is -0.328. The molecule has 0 aliphatic carbocycles. The molecule has 1 aromatic rings. The molecule has 116 valence electrons. The van der Waals surface area contributed by atoms with E-state index in [4.69, 9.17) is 4.74 Å². The van der Waals surface area contributed by atoms with Crippen LogP contribution in [0.25, 0.3) is 0 Å². The Morgan fingerprint density at radius 1 is 1.43 bits per heavy atom. The van der Waals surface area contributed by atoms with Gasteiger partial charge in [0, 0.05) is 12.5 Å². The maximum atomic E-state index is 12.4. The summed E-state index contributed by atoms with van der Waals surface area (Å²) in [5.74, 6) is 0.0235. The van der Waals surface area contributed by atoms with Crippen molar-refractivity contribution in [1.29, 1.82) is 0 Å². The van der Waals surface area contributed by atoms with Gasteiger partial charge in [-0.3, -0.25) is 4.79 Å². The van der Waals surface area contributed by atoms with Gasteiger partial charge in [-0.15, -0.1) is 0 Å². The van der Waals surface area contributed by atoms with Crippen LogP contribution in [0, 0.1) is 5.92 Å². The number of hydrogen-bond donors (Lipinski definition) is 2. The molecular formula is C17H25NO3. The highest BCUT2D eigenvalue weighted by Gasteiger charge is 2.28. The van der Waals surface area contributed by atoms with Gasteiger partial charge in [0.05, 0.1) is 18.8 Å². The highest BCUT2D eigenvalue weighted by atomic mass is 16.5. The second-order valence-corrected chi connectivity index (χ2v) is 5.66. The zero-order valence-corrected chi connectivity index (χ0v) is 12.6. The first-order valence-electron chi connectivity index (χ1n) is 7.82. The lowest BCUT2D eigenvalue weighted by Gasteiger charge is -2.30. The molecule has 0 bridgehead atoms. The maximum absolute atomic E-state index is 12.4. The van der Waals surface area contributed by atoms with E-state index in [0.29, 0.717) is 6.61 Å². The van der Waals surface area contributed by atoms with Gasteiger partial charge in [-0.1, -0.05) is 43.7 Å². The van der Waals surface area contributed by atoms with E-state index >= 15 is 0 Å². The van der Waals surface area contributed by atoms with Crippen molar-refractivity contribution < 1.29 is 14.6 Å². The first-order chi connectivity index (χ1) is 10.2. The van der Waals surface area contributed by atoms with Gasteiger partial charge < -0.3 is 15.2 Å². The first kappa shape index (κ1) is 16.0. The van der Waals surface area contributed by atoms with Crippen molar-refractivity contribution in [2.75, 3.05) is 13.2 Å². The molecule has 0 aromatic heterocycles. The van der Waals surface area contributed by atoms with Gasteiger partial charge in [0.2, 0.25) is 5.91 Å². The van der Waals surface area contributed by atoms with E-state index in [1.54, 1.807) is 0 Å². The number of aliphatic hydroxyl groups is 1. The predicted octanol–water partition coefficient (Wildman–Crippen LogP) is 2.43. The van der Waals surface area contributed by atoms with Crippen molar-refractivity contribution in [3.05, 3.63) is 35.9 Å². The lowest BCUT2D eigenvalue weighted by Crippen LogP contribution is -2.40. The third-order valence-electron chi connectivity index (χ3n) is 4.05. The summed E-state index contributed by atoms with van der Waals surface area (Å²) in [6.45, 7) is 2.69. The molecule has 3 atom stereocenters. The van der Waals surface area contributed by atoms with Gasteiger partial charge in [0.25, 0.3) is 0 Å². The molecule has 0 radical (unpaired) electrons. The van der Waals surface area contributed by atoms with Crippen LogP contribution in [0.2, 0.25) is 0 Å². The first-order valence-corrected chi connectivity index (χ1v) is 7.82. The number of benzene rings is 1. The molecule has 4 heteroatoms. The van der Waals surface area contributed by atoms with Crippen LogP contribution in [0.15, 0.2) is 30.3 Å². The fourth-order valence-electron chi connectivity index (χ4n) is 2.85. The topological polar surface area (TPSA) is 58.6 Å². The van der Waals surface area contributed by atoms with Crippen LogP contribution in [-0.2, 0) is 9.53 Å². The average molecular weight is 291 g/mol. The molecular weight excluding hydrogens is 266 g/mol. The standard InChI is InChI=1S/C17H25NO3/c1-2-6-15-11-14(9-10-21-15)17(20)18-16(12-19)13-7-4-3-5-8-13/h3-5,7-8,14-16,19H,2,6,9-12H2,1H3,(H,18,20)/t14?,15?,16-/m1/s1. The van der Waals surface area contributed by atoms with Crippen LogP contribution in [-0.4, -0.2) is 30.3 Å². The number of rotatable bonds is 6. The number of hydrogen-bond acceptors (Lipinski definition) is 3. The van der Waals surface area contributed by atoms with Crippen molar-refractivity contribution in [3.8, 4) is 0 Å². The van der Waals surface area contributed by atoms with Crippen LogP contribution in [0.4, 0.5) is 0 Å². The fraction of sp³-hybridized carbons (Fsp3) is 0.588. The van der Waals surface area contributed by atoms with Gasteiger partial charge in [0.15, 0.2) is 0 Å². The molecule has 1 heterocycles. The van der Waals surface area contributed by atoms with E-state index < -0.39 is 0 Å². The summed E-state index contributed by atoms with van der Waals surface area (Å²) in [6, 6.07) is 9.27. The van der Waals surface area contributed by atoms with Crippen LogP contribution >= 0.6 is 0 Å². The molecule has 2 rings (SSSR count). The molecule has 1 fully saturated rings. The second-order valence-electron chi connectivity index (χ2n) is 5.66. The van der Waals surface area contributed by atoms with Crippen LogP contribution in [0.5, 0.6) is 0 Å². The highest BCUT2D eigenvalue weighted by molar-refractivity contribution is 5.79. The summed E-state index contributed by atoms with van der Waals surface area (Å²) in [4.78, 5) is 12.4. The van der Waals surface area contributed by atoms with Gasteiger partial charge in [-0.25, -0.2) is 0 Å². The van der Waals surface area contributed by atoms with Crippen LogP contribution in [0.1, 0.15) is 44.2 Å². The lowest BCUT2D eigenvalue weighted by atomic mass is 9.92. The second kappa shape index (κ2) is 8.15. The van der Waals surface area contributed by atoms with Gasteiger partial charge >= 0.3 is 0 Å². The van der Waals surface area contributed by atoms with E-state index in [1.807, 2.05) is 30.3 Å². The molecule has 1 aliphatic rings. The number of carbonyl (C=O) groups excluding carboxylic acids is 1. The minimum Gasteiger partial charge on any atom is -0.394 e. The minimum absolute atomic E-state index is 0.00642. The highest BCUT2D eigenvalue weighted by Crippen LogP contribution is 2.24. The zero-order chi connectivity index (χ0) is 15.1. The summed E-state index contributed by atoms with van der Waals surface area (Å²) in [7, 11) is 0. The Hall–Kier alpha value is -1.39. The van der Waals surface area contributed by atoms with Crippen molar-refractivity contribution in [2.24, 2.45) is 5.92 Å². The Morgan fingerprint density at radius 2 is 2.19 bits per heavy atom. The number of amides is 1. The van der Waals surface area contributed by atoms with E-state index in [-0.39, 0.29) is 30.6 Å². The summed E-state index contributed by atoms with van der Waals surface area (Å²) < 4.78 is 5.69. The molecule has 1 aliphatic heterocycles. The molecule has 0 saturated carbocycles. The normalized spacial score (nSPS) is 23.5. The summed E-state index contributed by atoms with van der Waals surface area (Å²) in [5, 5.41) is 12.5. The molecule has 0 spiro atoms. The number of carbonyl (C=O) groups is 1. The van der Waals surface area contributed by atoms with Gasteiger partial charge in [-0.2, -0.15) is 0 Å². The monoisotopic (exact) mass is 291 g/mol. The SMILES string of the molecule is CCCC1CC(C(=O)N[C@H](CO)c2ccccc2)CCO1. The van der Waals surface area contributed by atoms with E-state index in [0.717, 1.165) is 31.2 Å². The Kier molecular flexibility index (Phi) is 6.21.